The maximum absolute atomic E-state index is 12.3. The van der Waals surface area contributed by atoms with Crippen molar-refractivity contribution in [3.05, 3.63) is 12.4 Å². The van der Waals surface area contributed by atoms with Crippen LogP contribution in [0.25, 0.3) is 0 Å². The summed E-state index contributed by atoms with van der Waals surface area (Å²) in [5, 5.41) is 12.8. The van der Waals surface area contributed by atoms with Crippen LogP contribution in [0.5, 0.6) is 0 Å². The Labute approximate surface area is 126 Å². The first-order valence-electron chi connectivity index (χ1n) is 7.66. The van der Waals surface area contributed by atoms with E-state index in [0.29, 0.717) is 31.3 Å². The van der Waals surface area contributed by atoms with Gasteiger partial charge in [0.2, 0.25) is 10.0 Å². The Bertz CT molecular complexity index is 541. The molecule has 2 rings (SSSR count). The van der Waals surface area contributed by atoms with Gasteiger partial charge in [0.15, 0.2) is 0 Å². The predicted molar refractivity (Wildman–Crippen MR) is 80.2 cm³/mol. The van der Waals surface area contributed by atoms with E-state index < -0.39 is 10.0 Å². The molecular formula is C14H25N3O3S. The Morgan fingerprint density at radius 1 is 1.43 bits per heavy atom. The van der Waals surface area contributed by atoms with E-state index in [-0.39, 0.29) is 11.5 Å². The molecule has 0 saturated heterocycles. The van der Waals surface area contributed by atoms with Crippen LogP contribution in [0, 0.1) is 11.8 Å². The number of rotatable bonds is 7. The van der Waals surface area contributed by atoms with Crippen LogP contribution in [-0.4, -0.2) is 36.5 Å². The van der Waals surface area contributed by atoms with Crippen molar-refractivity contribution in [2.24, 2.45) is 11.8 Å². The van der Waals surface area contributed by atoms with Gasteiger partial charge in [0.05, 0.1) is 6.20 Å². The summed E-state index contributed by atoms with van der Waals surface area (Å²) in [5.74, 6) is 1.01. The molecule has 1 aliphatic carbocycles. The van der Waals surface area contributed by atoms with Crippen LogP contribution in [0.15, 0.2) is 17.3 Å². The molecule has 1 aromatic heterocycles. The lowest BCUT2D eigenvalue weighted by Gasteiger charge is -2.28. The van der Waals surface area contributed by atoms with E-state index in [1.807, 2.05) is 0 Å². The number of nitrogens with zero attached hydrogens (tertiary/aromatic N) is 2. The number of sulfonamides is 1. The number of aliphatic hydroxyl groups is 1. The summed E-state index contributed by atoms with van der Waals surface area (Å²) in [5.41, 5.74) is 0. The molecule has 2 N–H and O–H groups in total. The monoisotopic (exact) mass is 315 g/mol. The normalized spacial score (nSPS) is 23.3. The number of aryl methyl sites for hydroxylation is 1. The zero-order valence-electron chi connectivity index (χ0n) is 12.5. The third kappa shape index (κ3) is 4.52. The zero-order valence-corrected chi connectivity index (χ0v) is 13.3. The molecule has 1 saturated carbocycles. The summed E-state index contributed by atoms with van der Waals surface area (Å²) in [7, 11) is -3.48. The fourth-order valence-electron chi connectivity index (χ4n) is 2.83. The maximum atomic E-state index is 12.3. The number of aromatic nitrogens is 2. The lowest BCUT2D eigenvalue weighted by molar-refractivity contribution is 0.257. The Morgan fingerprint density at radius 2 is 2.19 bits per heavy atom. The third-order valence-corrected chi connectivity index (χ3v) is 5.67. The molecule has 0 aromatic carbocycles. The summed E-state index contributed by atoms with van der Waals surface area (Å²) >= 11 is 0. The highest BCUT2D eigenvalue weighted by atomic mass is 32.2. The van der Waals surface area contributed by atoms with Crippen molar-refractivity contribution in [1.82, 2.24) is 14.5 Å². The Balaban J connectivity index is 1.93. The van der Waals surface area contributed by atoms with Crippen LogP contribution in [0.2, 0.25) is 0 Å². The first-order valence-corrected chi connectivity index (χ1v) is 9.14. The molecule has 120 valence electrons. The Morgan fingerprint density at radius 3 is 2.90 bits per heavy atom. The zero-order chi connectivity index (χ0) is 15.3. The van der Waals surface area contributed by atoms with Crippen molar-refractivity contribution >= 4 is 10.0 Å². The maximum Gasteiger partial charge on any atom is 0.243 e. The highest BCUT2D eigenvalue weighted by Gasteiger charge is 2.24. The second kappa shape index (κ2) is 7.38. The minimum atomic E-state index is -3.48. The Kier molecular flexibility index (Phi) is 5.78. The molecule has 0 aliphatic heterocycles. The molecule has 1 heterocycles. The lowest BCUT2D eigenvalue weighted by Crippen LogP contribution is -2.33. The summed E-state index contributed by atoms with van der Waals surface area (Å²) < 4.78 is 28.8. The molecule has 2 unspecified atom stereocenters. The van der Waals surface area contributed by atoms with Crippen LogP contribution >= 0.6 is 0 Å². The predicted octanol–water partition coefficient (Wildman–Crippen LogP) is 1.37. The molecule has 1 aromatic rings. The minimum absolute atomic E-state index is 0.0692. The quantitative estimate of drug-likeness (QED) is 0.796. The first kappa shape index (κ1) is 16.5. The van der Waals surface area contributed by atoms with Crippen molar-refractivity contribution in [1.29, 1.82) is 0 Å². The smallest absolute Gasteiger partial charge is 0.243 e. The molecule has 0 spiro atoms. The number of aliphatic hydroxyl groups excluding tert-OH is 1. The largest absolute Gasteiger partial charge is 0.396 e. The fraction of sp³-hybridized carbons (Fsp3) is 0.786. The van der Waals surface area contributed by atoms with Gasteiger partial charge in [-0.1, -0.05) is 26.2 Å². The molecular weight excluding hydrogens is 290 g/mol. The molecule has 0 radical (unpaired) electrons. The van der Waals surface area contributed by atoms with Crippen molar-refractivity contribution in [2.75, 3.05) is 13.2 Å². The molecule has 21 heavy (non-hydrogen) atoms. The van der Waals surface area contributed by atoms with Crippen LogP contribution in [0.3, 0.4) is 0 Å². The van der Waals surface area contributed by atoms with E-state index in [4.69, 9.17) is 5.11 Å². The van der Waals surface area contributed by atoms with Gasteiger partial charge in [-0.25, -0.2) is 13.1 Å². The number of hydrogen-bond donors (Lipinski definition) is 2. The SMILES string of the molecule is CC1CCCCC1CNS(=O)(=O)c1cnn(CCCO)c1. The summed E-state index contributed by atoms with van der Waals surface area (Å²) in [6.45, 7) is 3.29. The van der Waals surface area contributed by atoms with E-state index in [1.54, 1.807) is 4.68 Å². The average Bonchev–Trinajstić information content (AvgIpc) is 2.94. The van der Waals surface area contributed by atoms with Crippen LogP contribution < -0.4 is 4.72 Å². The van der Waals surface area contributed by atoms with Gasteiger partial charge in [-0.15, -0.1) is 0 Å². The summed E-state index contributed by atoms with van der Waals surface area (Å²) in [4.78, 5) is 0.198. The first-order chi connectivity index (χ1) is 10.0. The van der Waals surface area contributed by atoms with E-state index in [1.165, 1.54) is 31.7 Å². The van der Waals surface area contributed by atoms with Crippen LogP contribution in [0.4, 0.5) is 0 Å². The van der Waals surface area contributed by atoms with Gasteiger partial charge in [-0.3, -0.25) is 4.68 Å². The van der Waals surface area contributed by atoms with Crippen molar-refractivity contribution in [3.8, 4) is 0 Å². The van der Waals surface area contributed by atoms with Crippen LogP contribution in [0.1, 0.15) is 39.0 Å². The molecule has 1 aliphatic rings. The number of hydrogen-bond acceptors (Lipinski definition) is 4. The molecule has 1 fully saturated rings. The topological polar surface area (TPSA) is 84.2 Å². The van der Waals surface area contributed by atoms with Gasteiger partial charge in [-0.2, -0.15) is 5.10 Å². The molecule has 6 nitrogen and oxygen atoms in total. The highest BCUT2D eigenvalue weighted by Crippen LogP contribution is 2.29. The van der Waals surface area contributed by atoms with Gasteiger partial charge in [0, 0.05) is 25.9 Å². The molecule has 2 atom stereocenters. The van der Waals surface area contributed by atoms with Crippen molar-refractivity contribution in [2.45, 2.75) is 50.5 Å². The van der Waals surface area contributed by atoms with E-state index in [2.05, 4.69) is 16.7 Å². The second-order valence-electron chi connectivity index (χ2n) is 5.89. The second-order valence-corrected chi connectivity index (χ2v) is 7.66. The summed E-state index contributed by atoms with van der Waals surface area (Å²) in [6.07, 6.45) is 8.17. The van der Waals surface area contributed by atoms with Gasteiger partial charge in [0.25, 0.3) is 0 Å². The number of nitrogens with one attached hydrogen (secondary N) is 1. The van der Waals surface area contributed by atoms with E-state index in [9.17, 15) is 8.42 Å². The third-order valence-electron chi connectivity index (χ3n) is 4.29. The summed E-state index contributed by atoms with van der Waals surface area (Å²) in [6, 6.07) is 0. The van der Waals surface area contributed by atoms with Gasteiger partial charge in [-0.05, 0) is 24.7 Å². The standard InChI is InChI=1S/C14H25N3O3S/c1-12-5-2-3-6-13(12)9-16-21(19,20)14-10-15-17(11-14)7-4-8-18/h10-13,16,18H,2-9H2,1H3. The minimum Gasteiger partial charge on any atom is -0.396 e. The van der Waals surface area contributed by atoms with E-state index in [0.717, 1.165) is 6.42 Å². The van der Waals surface area contributed by atoms with Gasteiger partial charge in [0.1, 0.15) is 4.90 Å². The van der Waals surface area contributed by atoms with Crippen molar-refractivity contribution in [3.63, 3.8) is 0 Å². The average molecular weight is 315 g/mol. The molecule has 0 amide bonds. The van der Waals surface area contributed by atoms with Gasteiger partial charge < -0.3 is 5.11 Å². The van der Waals surface area contributed by atoms with Crippen LogP contribution in [-0.2, 0) is 16.6 Å². The molecule has 7 heteroatoms. The Hall–Kier alpha value is -0.920. The lowest BCUT2D eigenvalue weighted by atomic mass is 9.81. The molecule has 0 bridgehead atoms. The highest BCUT2D eigenvalue weighted by molar-refractivity contribution is 7.89. The van der Waals surface area contributed by atoms with E-state index >= 15 is 0 Å². The van der Waals surface area contributed by atoms with Gasteiger partial charge >= 0.3 is 0 Å². The fourth-order valence-corrected chi connectivity index (χ4v) is 3.88. The van der Waals surface area contributed by atoms with Crippen molar-refractivity contribution < 1.29 is 13.5 Å².